The van der Waals surface area contributed by atoms with Gasteiger partial charge in [0.1, 0.15) is 5.82 Å². The Hall–Kier alpha value is -1.88. The van der Waals surface area contributed by atoms with E-state index in [1.807, 2.05) is 0 Å². The summed E-state index contributed by atoms with van der Waals surface area (Å²) in [6, 6.07) is 11.0. The van der Waals surface area contributed by atoms with Gasteiger partial charge in [-0.3, -0.25) is 4.79 Å². The maximum atomic E-state index is 13.3. The summed E-state index contributed by atoms with van der Waals surface area (Å²) in [6.07, 6.45) is 0. The molecular formula is C13H10BrFN2O. The molecule has 2 aromatic carbocycles. The molecule has 0 atom stereocenters. The molecule has 0 heterocycles. The van der Waals surface area contributed by atoms with Gasteiger partial charge in [0.2, 0.25) is 0 Å². The average molecular weight is 309 g/mol. The van der Waals surface area contributed by atoms with Gasteiger partial charge in [-0.15, -0.1) is 0 Å². The van der Waals surface area contributed by atoms with Crippen molar-refractivity contribution < 1.29 is 9.18 Å². The Morgan fingerprint density at radius 3 is 2.50 bits per heavy atom. The highest BCUT2D eigenvalue weighted by Crippen LogP contribution is 2.21. The largest absolute Gasteiger partial charge is 0.399 e. The van der Waals surface area contributed by atoms with Crippen LogP contribution >= 0.6 is 15.9 Å². The van der Waals surface area contributed by atoms with Crippen molar-refractivity contribution in [2.24, 2.45) is 0 Å². The van der Waals surface area contributed by atoms with Crippen LogP contribution in [-0.4, -0.2) is 5.91 Å². The zero-order valence-electron chi connectivity index (χ0n) is 9.28. The van der Waals surface area contributed by atoms with E-state index in [0.29, 0.717) is 11.4 Å². The summed E-state index contributed by atoms with van der Waals surface area (Å²) in [5, 5.41) is 2.66. The summed E-state index contributed by atoms with van der Waals surface area (Å²) in [4.78, 5) is 11.9. The van der Waals surface area contributed by atoms with Crippen LogP contribution in [0.2, 0.25) is 0 Å². The molecule has 2 rings (SSSR count). The summed E-state index contributed by atoms with van der Waals surface area (Å²) in [6.45, 7) is 0. The minimum absolute atomic E-state index is 0.151. The number of carbonyl (C=O) groups is 1. The third kappa shape index (κ3) is 2.68. The quantitative estimate of drug-likeness (QED) is 0.835. The predicted octanol–water partition coefficient (Wildman–Crippen LogP) is 3.42. The number of hydrogen-bond acceptors (Lipinski definition) is 2. The second-order valence-corrected chi connectivity index (χ2v) is 4.47. The Morgan fingerprint density at radius 2 is 1.83 bits per heavy atom. The van der Waals surface area contributed by atoms with Crippen LogP contribution in [0, 0.1) is 5.82 Å². The van der Waals surface area contributed by atoms with Gasteiger partial charge in [-0.05, 0) is 52.3 Å². The lowest BCUT2D eigenvalue weighted by atomic mass is 10.2. The van der Waals surface area contributed by atoms with Gasteiger partial charge in [-0.1, -0.05) is 6.07 Å². The molecule has 1 amide bonds. The molecular weight excluding hydrogens is 299 g/mol. The normalized spacial score (nSPS) is 10.1. The molecule has 3 N–H and O–H groups in total. The molecule has 3 nitrogen and oxygen atoms in total. The number of carbonyl (C=O) groups excluding carboxylic acids is 1. The highest BCUT2D eigenvalue weighted by atomic mass is 79.9. The van der Waals surface area contributed by atoms with E-state index in [9.17, 15) is 9.18 Å². The molecule has 0 unspecified atom stereocenters. The number of benzene rings is 2. The highest BCUT2D eigenvalue weighted by Gasteiger charge is 2.12. The smallest absolute Gasteiger partial charge is 0.256 e. The Balaban J connectivity index is 2.22. The molecule has 2 aromatic rings. The van der Waals surface area contributed by atoms with E-state index in [0.717, 1.165) is 0 Å². The van der Waals surface area contributed by atoms with E-state index >= 15 is 0 Å². The van der Waals surface area contributed by atoms with E-state index < -0.39 is 5.82 Å². The third-order valence-corrected chi connectivity index (χ3v) is 3.17. The second-order valence-electron chi connectivity index (χ2n) is 3.68. The van der Waals surface area contributed by atoms with Crippen LogP contribution in [-0.2, 0) is 0 Å². The van der Waals surface area contributed by atoms with Crippen molar-refractivity contribution in [2.75, 3.05) is 11.1 Å². The standard InChI is InChI=1S/C13H10BrFN2O/c14-12-10(2-1-3-11(12)15)13(18)17-9-6-4-8(16)5-7-9/h1-7H,16H2,(H,17,18). The fraction of sp³-hybridized carbons (Fsp3) is 0. The van der Waals surface area contributed by atoms with Crippen LogP contribution in [0.5, 0.6) is 0 Å². The van der Waals surface area contributed by atoms with E-state index in [1.54, 1.807) is 30.3 Å². The van der Waals surface area contributed by atoms with Crippen LogP contribution < -0.4 is 11.1 Å². The molecule has 5 heteroatoms. The van der Waals surface area contributed by atoms with Crippen molar-refractivity contribution in [1.82, 2.24) is 0 Å². The lowest BCUT2D eigenvalue weighted by Crippen LogP contribution is -2.13. The zero-order chi connectivity index (χ0) is 13.1. The molecule has 18 heavy (non-hydrogen) atoms. The minimum atomic E-state index is -0.472. The van der Waals surface area contributed by atoms with E-state index in [2.05, 4.69) is 21.2 Å². The number of amides is 1. The number of hydrogen-bond donors (Lipinski definition) is 2. The van der Waals surface area contributed by atoms with Crippen molar-refractivity contribution in [3.05, 3.63) is 58.3 Å². The first-order valence-electron chi connectivity index (χ1n) is 5.19. The van der Waals surface area contributed by atoms with Crippen LogP contribution in [0.15, 0.2) is 46.9 Å². The van der Waals surface area contributed by atoms with Crippen LogP contribution in [0.1, 0.15) is 10.4 Å². The topological polar surface area (TPSA) is 55.1 Å². The van der Waals surface area contributed by atoms with Crippen molar-refractivity contribution >= 4 is 33.2 Å². The molecule has 0 spiro atoms. The number of nitrogens with two attached hydrogens (primary N) is 1. The molecule has 92 valence electrons. The molecule has 0 fully saturated rings. The number of nitrogen functional groups attached to an aromatic ring is 1. The molecule has 0 bridgehead atoms. The first kappa shape index (κ1) is 12.6. The van der Waals surface area contributed by atoms with Crippen LogP contribution in [0.25, 0.3) is 0 Å². The fourth-order valence-corrected chi connectivity index (χ4v) is 1.89. The van der Waals surface area contributed by atoms with E-state index in [-0.39, 0.29) is 15.9 Å². The highest BCUT2D eigenvalue weighted by molar-refractivity contribution is 9.10. The average Bonchev–Trinajstić information content (AvgIpc) is 2.35. The first-order valence-corrected chi connectivity index (χ1v) is 5.98. The van der Waals surface area contributed by atoms with Gasteiger partial charge in [-0.2, -0.15) is 0 Å². The van der Waals surface area contributed by atoms with Crippen LogP contribution in [0.4, 0.5) is 15.8 Å². The summed E-state index contributed by atoms with van der Waals surface area (Å²) in [5.41, 5.74) is 7.00. The fourth-order valence-electron chi connectivity index (χ4n) is 1.44. The lowest BCUT2D eigenvalue weighted by molar-refractivity contribution is 0.102. The SMILES string of the molecule is Nc1ccc(NC(=O)c2cccc(F)c2Br)cc1. The van der Waals surface area contributed by atoms with Gasteiger partial charge in [0.15, 0.2) is 0 Å². The molecule has 0 radical (unpaired) electrons. The van der Waals surface area contributed by atoms with Gasteiger partial charge >= 0.3 is 0 Å². The number of halogens is 2. The summed E-state index contributed by atoms with van der Waals surface area (Å²) in [7, 11) is 0. The number of anilines is 2. The Labute approximate surface area is 112 Å². The third-order valence-electron chi connectivity index (χ3n) is 2.36. The molecule has 0 aliphatic rings. The van der Waals surface area contributed by atoms with Crippen molar-refractivity contribution in [3.8, 4) is 0 Å². The van der Waals surface area contributed by atoms with Gasteiger partial charge in [0.05, 0.1) is 10.0 Å². The van der Waals surface area contributed by atoms with Crippen molar-refractivity contribution in [1.29, 1.82) is 0 Å². The minimum Gasteiger partial charge on any atom is -0.399 e. The maximum absolute atomic E-state index is 13.3. The predicted molar refractivity (Wildman–Crippen MR) is 72.9 cm³/mol. The lowest BCUT2D eigenvalue weighted by Gasteiger charge is -2.07. The van der Waals surface area contributed by atoms with Gasteiger partial charge in [0, 0.05) is 11.4 Å². The van der Waals surface area contributed by atoms with E-state index in [1.165, 1.54) is 12.1 Å². The number of rotatable bonds is 2. The maximum Gasteiger partial charge on any atom is 0.256 e. The van der Waals surface area contributed by atoms with Gasteiger partial charge in [0.25, 0.3) is 5.91 Å². The van der Waals surface area contributed by atoms with Crippen molar-refractivity contribution in [3.63, 3.8) is 0 Å². The molecule has 0 saturated heterocycles. The molecule has 0 saturated carbocycles. The van der Waals surface area contributed by atoms with Gasteiger partial charge < -0.3 is 11.1 Å². The second kappa shape index (κ2) is 5.18. The zero-order valence-corrected chi connectivity index (χ0v) is 10.9. The Bertz CT molecular complexity index is 584. The summed E-state index contributed by atoms with van der Waals surface area (Å²) in [5.74, 6) is -0.855. The molecule has 0 aliphatic heterocycles. The van der Waals surface area contributed by atoms with Gasteiger partial charge in [-0.25, -0.2) is 4.39 Å². The monoisotopic (exact) mass is 308 g/mol. The first-order chi connectivity index (χ1) is 8.58. The summed E-state index contributed by atoms with van der Waals surface area (Å²) >= 11 is 3.05. The number of nitrogens with one attached hydrogen (secondary N) is 1. The van der Waals surface area contributed by atoms with Crippen molar-refractivity contribution in [2.45, 2.75) is 0 Å². The van der Waals surface area contributed by atoms with E-state index in [4.69, 9.17) is 5.73 Å². The Kier molecular flexibility index (Phi) is 3.62. The Morgan fingerprint density at radius 1 is 1.17 bits per heavy atom. The molecule has 0 aromatic heterocycles. The van der Waals surface area contributed by atoms with Crippen LogP contribution in [0.3, 0.4) is 0 Å². The summed E-state index contributed by atoms with van der Waals surface area (Å²) < 4.78 is 13.4. The molecule has 0 aliphatic carbocycles.